The maximum Gasteiger partial charge on any atom is 0.253 e. The molecule has 120 valence electrons. The van der Waals surface area contributed by atoms with Gasteiger partial charge in [-0.25, -0.2) is 0 Å². The Hall–Kier alpha value is -2.13. The van der Waals surface area contributed by atoms with E-state index < -0.39 is 0 Å². The maximum atomic E-state index is 12.7. The van der Waals surface area contributed by atoms with Crippen LogP contribution in [0.2, 0.25) is 0 Å². The highest BCUT2D eigenvalue weighted by Crippen LogP contribution is 2.20. The number of carbonyl (C=O) groups excluding carboxylic acids is 1. The summed E-state index contributed by atoms with van der Waals surface area (Å²) in [6, 6.07) is 18.2. The van der Waals surface area contributed by atoms with E-state index in [9.17, 15) is 4.79 Å². The highest BCUT2D eigenvalue weighted by atomic mass is 16.2. The summed E-state index contributed by atoms with van der Waals surface area (Å²) in [6.45, 7) is 6.99. The number of carbonyl (C=O) groups is 1. The summed E-state index contributed by atoms with van der Waals surface area (Å²) in [5, 5.41) is 0. The number of hydrogen-bond acceptors (Lipinski definition) is 2. The lowest BCUT2D eigenvalue weighted by Gasteiger charge is -2.21. The average Bonchev–Trinajstić information content (AvgIpc) is 2.87. The van der Waals surface area contributed by atoms with Crippen molar-refractivity contribution >= 4 is 5.91 Å². The molecule has 1 aliphatic heterocycles. The van der Waals surface area contributed by atoms with Gasteiger partial charge in [-0.15, -0.1) is 0 Å². The quantitative estimate of drug-likeness (QED) is 0.866. The van der Waals surface area contributed by atoms with Crippen molar-refractivity contribution in [2.45, 2.75) is 13.3 Å². The molecule has 0 atom stereocenters. The second kappa shape index (κ2) is 7.42. The van der Waals surface area contributed by atoms with E-state index in [-0.39, 0.29) is 5.91 Å². The third kappa shape index (κ3) is 3.80. The number of amides is 1. The molecule has 1 amide bonds. The van der Waals surface area contributed by atoms with Crippen molar-refractivity contribution in [2.75, 3.05) is 32.7 Å². The molecule has 0 unspecified atom stereocenters. The molecular weight excluding hydrogens is 284 g/mol. The first-order valence-corrected chi connectivity index (χ1v) is 8.45. The predicted octanol–water partition coefficient (Wildman–Crippen LogP) is 3.52. The first-order valence-electron chi connectivity index (χ1n) is 8.45. The summed E-state index contributed by atoms with van der Waals surface area (Å²) < 4.78 is 0. The summed E-state index contributed by atoms with van der Waals surface area (Å²) in [5.74, 6) is 0.155. The van der Waals surface area contributed by atoms with E-state index in [0.29, 0.717) is 0 Å². The van der Waals surface area contributed by atoms with E-state index in [1.165, 1.54) is 5.56 Å². The summed E-state index contributed by atoms with van der Waals surface area (Å²) in [5.41, 5.74) is 3.12. The lowest BCUT2D eigenvalue weighted by atomic mass is 10.0. The van der Waals surface area contributed by atoms with Gasteiger partial charge in [0, 0.05) is 25.2 Å². The summed E-state index contributed by atoms with van der Waals surface area (Å²) >= 11 is 0. The van der Waals surface area contributed by atoms with Crippen molar-refractivity contribution in [2.24, 2.45) is 0 Å². The number of rotatable bonds is 3. The van der Waals surface area contributed by atoms with Crippen molar-refractivity contribution in [3.8, 4) is 11.1 Å². The van der Waals surface area contributed by atoms with Crippen molar-refractivity contribution in [3.63, 3.8) is 0 Å². The SMILES string of the molecule is CCN1CCCN(C(=O)c2ccc(-c3ccccc3)cc2)CC1. The molecule has 2 aromatic carbocycles. The van der Waals surface area contributed by atoms with Crippen LogP contribution in [0.4, 0.5) is 0 Å². The zero-order chi connectivity index (χ0) is 16.1. The Bertz CT molecular complexity index is 636. The predicted molar refractivity (Wildman–Crippen MR) is 94.5 cm³/mol. The Balaban J connectivity index is 1.70. The van der Waals surface area contributed by atoms with Gasteiger partial charge < -0.3 is 9.80 Å². The molecular formula is C20H24N2O. The topological polar surface area (TPSA) is 23.6 Å². The Morgan fingerprint density at radius 3 is 2.26 bits per heavy atom. The number of benzene rings is 2. The van der Waals surface area contributed by atoms with Crippen LogP contribution in [-0.4, -0.2) is 48.4 Å². The van der Waals surface area contributed by atoms with Gasteiger partial charge in [-0.2, -0.15) is 0 Å². The fraction of sp³-hybridized carbons (Fsp3) is 0.350. The average molecular weight is 308 g/mol. The number of likely N-dealkylation sites (N-methyl/N-ethyl adjacent to an activating group) is 1. The third-order valence-corrected chi connectivity index (χ3v) is 4.56. The van der Waals surface area contributed by atoms with E-state index in [4.69, 9.17) is 0 Å². The molecule has 1 saturated heterocycles. The molecule has 0 bridgehead atoms. The monoisotopic (exact) mass is 308 g/mol. The zero-order valence-electron chi connectivity index (χ0n) is 13.7. The van der Waals surface area contributed by atoms with Crippen molar-refractivity contribution < 1.29 is 4.79 Å². The van der Waals surface area contributed by atoms with Crippen LogP contribution in [0.5, 0.6) is 0 Å². The van der Waals surface area contributed by atoms with E-state index in [0.717, 1.165) is 50.3 Å². The maximum absolute atomic E-state index is 12.7. The van der Waals surface area contributed by atoms with Gasteiger partial charge >= 0.3 is 0 Å². The highest BCUT2D eigenvalue weighted by molar-refractivity contribution is 5.94. The van der Waals surface area contributed by atoms with Crippen LogP contribution in [0.25, 0.3) is 11.1 Å². The van der Waals surface area contributed by atoms with Crippen LogP contribution < -0.4 is 0 Å². The summed E-state index contributed by atoms with van der Waals surface area (Å²) in [4.78, 5) is 17.1. The molecule has 2 aromatic rings. The molecule has 3 nitrogen and oxygen atoms in total. The van der Waals surface area contributed by atoms with Gasteiger partial charge in [0.2, 0.25) is 0 Å². The van der Waals surface area contributed by atoms with Gasteiger partial charge in [0.25, 0.3) is 5.91 Å². The Morgan fingerprint density at radius 2 is 1.57 bits per heavy atom. The van der Waals surface area contributed by atoms with Crippen LogP contribution in [-0.2, 0) is 0 Å². The molecule has 0 saturated carbocycles. The van der Waals surface area contributed by atoms with Gasteiger partial charge in [0.05, 0.1) is 0 Å². The van der Waals surface area contributed by atoms with Gasteiger partial charge in [0.1, 0.15) is 0 Å². The number of nitrogens with zero attached hydrogens (tertiary/aromatic N) is 2. The van der Waals surface area contributed by atoms with Crippen LogP contribution in [0, 0.1) is 0 Å². The molecule has 0 aromatic heterocycles. The van der Waals surface area contributed by atoms with Crippen molar-refractivity contribution in [1.29, 1.82) is 0 Å². The Kier molecular flexibility index (Phi) is 5.09. The smallest absolute Gasteiger partial charge is 0.253 e. The lowest BCUT2D eigenvalue weighted by Crippen LogP contribution is -2.35. The molecule has 1 fully saturated rings. The lowest BCUT2D eigenvalue weighted by molar-refractivity contribution is 0.0762. The van der Waals surface area contributed by atoms with Gasteiger partial charge in [-0.3, -0.25) is 4.79 Å². The second-order valence-electron chi connectivity index (χ2n) is 6.02. The van der Waals surface area contributed by atoms with Gasteiger partial charge in [0.15, 0.2) is 0 Å². The first-order chi connectivity index (χ1) is 11.3. The molecule has 0 spiro atoms. The fourth-order valence-corrected chi connectivity index (χ4v) is 3.11. The molecule has 0 N–H and O–H groups in total. The highest BCUT2D eigenvalue weighted by Gasteiger charge is 2.19. The van der Waals surface area contributed by atoms with Crippen molar-refractivity contribution in [3.05, 3.63) is 60.2 Å². The van der Waals surface area contributed by atoms with Crippen LogP contribution >= 0.6 is 0 Å². The van der Waals surface area contributed by atoms with E-state index in [1.54, 1.807) is 0 Å². The Morgan fingerprint density at radius 1 is 0.870 bits per heavy atom. The molecule has 0 aliphatic carbocycles. The summed E-state index contributed by atoms with van der Waals surface area (Å²) in [6.07, 6.45) is 1.06. The van der Waals surface area contributed by atoms with Crippen LogP contribution in [0.1, 0.15) is 23.7 Å². The molecule has 23 heavy (non-hydrogen) atoms. The molecule has 1 heterocycles. The van der Waals surface area contributed by atoms with Crippen LogP contribution in [0.3, 0.4) is 0 Å². The number of hydrogen-bond donors (Lipinski definition) is 0. The van der Waals surface area contributed by atoms with Crippen LogP contribution in [0.15, 0.2) is 54.6 Å². The largest absolute Gasteiger partial charge is 0.337 e. The van der Waals surface area contributed by atoms with Gasteiger partial charge in [-0.1, -0.05) is 49.4 Å². The molecule has 1 aliphatic rings. The minimum atomic E-state index is 0.155. The molecule has 3 heteroatoms. The molecule has 3 rings (SSSR count). The third-order valence-electron chi connectivity index (χ3n) is 4.56. The fourth-order valence-electron chi connectivity index (χ4n) is 3.11. The van der Waals surface area contributed by atoms with Crippen molar-refractivity contribution in [1.82, 2.24) is 9.80 Å². The van der Waals surface area contributed by atoms with E-state index in [2.05, 4.69) is 24.0 Å². The van der Waals surface area contributed by atoms with E-state index >= 15 is 0 Å². The minimum absolute atomic E-state index is 0.155. The molecule has 0 radical (unpaired) electrons. The summed E-state index contributed by atoms with van der Waals surface area (Å²) in [7, 11) is 0. The standard InChI is InChI=1S/C20H24N2O/c1-2-21-13-6-14-22(16-15-21)20(23)19-11-9-18(10-12-19)17-7-4-3-5-8-17/h3-5,7-12H,2,6,13-16H2,1H3. The Labute approximate surface area is 138 Å². The van der Waals surface area contributed by atoms with Gasteiger partial charge in [-0.05, 0) is 42.8 Å². The normalized spacial score (nSPS) is 16.1. The zero-order valence-corrected chi connectivity index (χ0v) is 13.7. The second-order valence-corrected chi connectivity index (χ2v) is 6.02. The first kappa shape index (κ1) is 15.8. The van der Waals surface area contributed by atoms with E-state index in [1.807, 2.05) is 47.4 Å². The minimum Gasteiger partial charge on any atom is -0.337 e.